The molecule has 16 heteroatoms. The summed E-state index contributed by atoms with van der Waals surface area (Å²) in [5.74, 6) is -2.99. The van der Waals surface area contributed by atoms with Gasteiger partial charge in [-0.15, -0.1) is 0 Å². The van der Waals surface area contributed by atoms with Crippen molar-refractivity contribution in [1.82, 2.24) is 0 Å². The number of nitrogens with one attached hydrogen (secondary N) is 1. The molecule has 0 unspecified atom stereocenters. The van der Waals surface area contributed by atoms with E-state index in [1.165, 1.54) is 25.1 Å². The number of carbonyl (C=O) groups is 4. The molecule has 1 aromatic rings. The number of ether oxygens (including phenoxy) is 7. The Labute approximate surface area is 229 Å². The molecule has 0 saturated carbocycles. The highest BCUT2D eigenvalue weighted by atomic mass is 16.7. The van der Waals surface area contributed by atoms with Gasteiger partial charge in [-0.05, 0) is 23.2 Å². The van der Waals surface area contributed by atoms with Gasteiger partial charge in [0, 0.05) is 31.2 Å². The van der Waals surface area contributed by atoms with Crippen molar-refractivity contribution in [3.8, 4) is 5.75 Å². The van der Waals surface area contributed by atoms with Crippen LogP contribution in [0.15, 0.2) is 23.3 Å². The Morgan fingerprint density at radius 3 is 2.40 bits per heavy atom. The molecule has 0 aliphatic carbocycles. The Morgan fingerprint density at radius 2 is 1.77 bits per heavy atom. The molecule has 16 nitrogen and oxygen atoms in total. The van der Waals surface area contributed by atoms with E-state index in [-0.39, 0.29) is 44.4 Å². The number of carbonyl (C=O) groups excluding carboxylic acids is 4. The van der Waals surface area contributed by atoms with Crippen molar-refractivity contribution in [2.24, 2.45) is 11.0 Å². The molecule has 40 heavy (non-hydrogen) atoms. The Hall–Kier alpha value is -4.11. The van der Waals surface area contributed by atoms with E-state index < -0.39 is 54.5 Å². The smallest absolute Gasteiger partial charge is 0.414 e. The fraction of sp³-hybridized carbons (Fsp3) is 0.583. The first kappa shape index (κ1) is 32.1. The van der Waals surface area contributed by atoms with E-state index in [9.17, 15) is 24.3 Å². The summed E-state index contributed by atoms with van der Waals surface area (Å²) in [6.45, 7) is 3.99. The molecule has 1 aliphatic rings. The van der Waals surface area contributed by atoms with Crippen LogP contribution in [0.4, 0.5) is 10.5 Å². The maximum absolute atomic E-state index is 12.9. The summed E-state index contributed by atoms with van der Waals surface area (Å²) in [5, 5.41) is 15.3. The summed E-state index contributed by atoms with van der Waals surface area (Å²) < 4.78 is 37.3. The van der Waals surface area contributed by atoms with E-state index in [0.29, 0.717) is 5.56 Å². The van der Waals surface area contributed by atoms with Gasteiger partial charge in [-0.3, -0.25) is 14.9 Å². The van der Waals surface area contributed by atoms with E-state index in [1.807, 2.05) is 0 Å². The van der Waals surface area contributed by atoms with Crippen LogP contribution in [-0.4, -0.2) is 87.2 Å². The lowest BCUT2D eigenvalue weighted by Crippen LogP contribution is -2.59. The SMILES string of the molecule is COC(=O)[C@H]1O[C@@H](OC(=O)Nc2ccc(CO)cc2OCCOCCN=[N+]=[N-])[C@H](OC(C)=O)[C@@H](OC(C)=O)[C@@H]1C. The van der Waals surface area contributed by atoms with E-state index in [4.69, 9.17) is 38.7 Å². The molecule has 5 atom stereocenters. The Kier molecular flexibility index (Phi) is 12.9. The van der Waals surface area contributed by atoms with Crippen molar-refractivity contribution >= 4 is 29.7 Å². The van der Waals surface area contributed by atoms with Crippen LogP contribution >= 0.6 is 0 Å². The number of benzene rings is 1. The topological polar surface area (TPSA) is 214 Å². The number of azide groups is 1. The molecule has 1 aromatic carbocycles. The first-order chi connectivity index (χ1) is 19.1. The van der Waals surface area contributed by atoms with Gasteiger partial charge in [0.1, 0.15) is 12.4 Å². The number of aliphatic hydroxyl groups excluding tert-OH is 1. The fourth-order valence-corrected chi connectivity index (χ4v) is 3.73. The van der Waals surface area contributed by atoms with Crippen LogP contribution in [0.25, 0.3) is 10.4 Å². The maximum Gasteiger partial charge on any atom is 0.414 e. The third-order valence-corrected chi connectivity index (χ3v) is 5.48. The molecule has 0 bridgehead atoms. The summed E-state index contributed by atoms with van der Waals surface area (Å²) in [5.41, 5.74) is 8.91. The Morgan fingerprint density at radius 1 is 1.07 bits per heavy atom. The van der Waals surface area contributed by atoms with Gasteiger partial charge in [0.15, 0.2) is 12.2 Å². The molecule has 220 valence electrons. The van der Waals surface area contributed by atoms with Crippen LogP contribution in [-0.2, 0) is 49.4 Å². The second-order valence-corrected chi connectivity index (χ2v) is 8.39. The predicted octanol–water partition coefficient (Wildman–Crippen LogP) is 1.83. The first-order valence-electron chi connectivity index (χ1n) is 12.1. The Balaban J connectivity index is 2.20. The fourth-order valence-electron chi connectivity index (χ4n) is 3.73. The van der Waals surface area contributed by atoms with E-state index in [2.05, 4.69) is 15.3 Å². The number of aliphatic hydroxyl groups is 1. The minimum absolute atomic E-state index is 0.0535. The first-order valence-corrected chi connectivity index (χ1v) is 12.1. The van der Waals surface area contributed by atoms with Gasteiger partial charge in [0.05, 0.1) is 32.6 Å². The molecule has 1 amide bonds. The van der Waals surface area contributed by atoms with Crippen LogP contribution in [0.1, 0.15) is 26.3 Å². The van der Waals surface area contributed by atoms with Crippen LogP contribution in [0, 0.1) is 5.92 Å². The van der Waals surface area contributed by atoms with Crippen molar-refractivity contribution in [2.45, 2.75) is 52.0 Å². The van der Waals surface area contributed by atoms with Gasteiger partial charge in [0.25, 0.3) is 0 Å². The molecular weight excluding hydrogens is 536 g/mol. The molecule has 2 rings (SSSR count). The predicted molar refractivity (Wildman–Crippen MR) is 134 cm³/mol. The largest absolute Gasteiger partial charge is 0.489 e. The van der Waals surface area contributed by atoms with E-state index in [0.717, 1.165) is 21.0 Å². The molecule has 2 N–H and O–H groups in total. The number of anilines is 1. The van der Waals surface area contributed by atoms with Gasteiger partial charge in [0.2, 0.25) is 12.4 Å². The van der Waals surface area contributed by atoms with Gasteiger partial charge >= 0.3 is 24.0 Å². The van der Waals surface area contributed by atoms with Crippen molar-refractivity contribution in [2.75, 3.05) is 38.8 Å². The minimum atomic E-state index is -1.67. The van der Waals surface area contributed by atoms with Crippen LogP contribution in [0.2, 0.25) is 0 Å². The average Bonchev–Trinajstić information content (AvgIpc) is 2.91. The number of methoxy groups -OCH3 is 1. The molecule has 1 saturated heterocycles. The normalized spacial score (nSPS) is 21.8. The number of amides is 1. The van der Waals surface area contributed by atoms with Crippen molar-refractivity contribution in [3.63, 3.8) is 0 Å². The standard InChI is InChI=1S/C24H32N4O12/c1-13-19(37-14(2)30)21(38-15(3)31)23(39-20(13)22(32)34-4)40-24(33)27-17-6-5-16(12-29)11-18(17)36-10-9-35-8-7-26-28-25/h5-6,11,13,19-21,23,29H,7-10,12H2,1-4H3,(H,27,33)/t13-,19-,20-,21+,23-/m0/s1. The van der Waals surface area contributed by atoms with E-state index in [1.54, 1.807) is 0 Å². The zero-order valence-corrected chi connectivity index (χ0v) is 22.4. The molecule has 1 heterocycles. The van der Waals surface area contributed by atoms with Crippen LogP contribution in [0.3, 0.4) is 0 Å². The van der Waals surface area contributed by atoms with E-state index >= 15 is 0 Å². The quantitative estimate of drug-likeness (QED) is 0.0870. The third kappa shape index (κ3) is 9.57. The van der Waals surface area contributed by atoms with Gasteiger partial charge in [-0.25, -0.2) is 9.59 Å². The second kappa shape index (κ2) is 16.1. The van der Waals surface area contributed by atoms with Gasteiger partial charge in [-0.1, -0.05) is 18.1 Å². The molecule has 0 aromatic heterocycles. The lowest BCUT2D eigenvalue weighted by Gasteiger charge is -2.42. The molecular formula is C24H32N4O12. The highest BCUT2D eigenvalue weighted by Gasteiger charge is 2.52. The molecule has 1 fully saturated rings. The molecule has 1 aliphatic heterocycles. The summed E-state index contributed by atoms with van der Waals surface area (Å²) in [7, 11) is 1.13. The second-order valence-electron chi connectivity index (χ2n) is 8.39. The highest BCUT2D eigenvalue weighted by molar-refractivity contribution is 5.87. The van der Waals surface area contributed by atoms with Gasteiger partial charge in [-0.2, -0.15) is 0 Å². The highest BCUT2D eigenvalue weighted by Crippen LogP contribution is 2.33. The van der Waals surface area contributed by atoms with Crippen LogP contribution in [0.5, 0.6) is 5.75 Å². The summed E-state index contributed by atoms with van der Waals surface area (Å²) in [6, 6.07) is 4.47. The average molecular weight is 569 g/mol. The van der Waals surface area contributed by atoms with Gasteiger partial charge < -0.3 is 38.3 Å². The Bertz CT molecular complexity index is 1090. The van der Waals surface area contributed by atoms with Crippen molar-refractivity contribution in [1.29, 1.82) is 0 Å². The summed E-state index contributed by atoms with van der Waals surface area (Å²) in [6.07, 6.45) is -6.69. The monoisotopic (exact) mass is 568 g/mol. The lowest BCUT2D eigenvalue weighted by molar-refractivity contribution is -0.272. The zero-order chi connectivity index (χ0) is 29.7. The zero-order valence-electron chi connectivity index (χ0n) is 22.4. The number of hydrogen-bond acceptors (Lipinski definition) is 13. The summed E-state index contributed by atoms with van der Waals surface area (Å²) in [4.78, 5) is 51.4. The number of rotatable bonds is 13. The van der Waals surface area contributed by atoms with Crippen molar-refractivity contribution < 1.29 is 57.4 Å². The number of nitrogens with zero attached hydrogens (tertiary/aromatic N) is 3. The number of esters is 3. The van der Waals surface area contributed by atoms with Crippen LogP contribution < -0.4 is 10.1 Å². The third-order valence-electron chi connectivity index (χ3n) is 5.48. The minimum Gasteiger partial charge on any atom is -0.489 e. The molecule has 0 spiro atoms. The lowest BCUT2D eigenvalue weighted by atomic mass is 9.90. The summed E-state index contributed by atoms with van der Waals surface area (Å²) >= 11 is 0. The molecule has 0 radical (unpaired) electrons. The van der Waals surface area contributed by atoms with Crippen molar-refractivity contribution in [3.05, 3.63) is 34.2 Å². The number of hydrogen-bond donors (Lipinski definition) is 2. The maximum atomic E-state index is 12.9.